The van der Waals surface area contributed by atoms with Gasteiger partial charge in [0.05, 0.1) is 0 Å². The maximum Gasteiger partial charge on any atom is 0.394 e. The summed E-state index contributed by atoms with van der Waals surface area (Å²) >= 11 is 0. The first-order chi connectivity index (χ1) is 6.00. The quantitative estimate of drug-likeness (QED) is 0.132. The van der Waals surface area contributed by atoms with E-state index in [1.165, 1.54) is 0 Å². The molecule has 0 fully saturated rings. The van der Waals surface area contributed by atoms with E-state index in [9.17, 15) is 0 Å². The van der Waals surface area contributed by atoms with Crippen LogP contribution >= 0.6 is 0 Å². The summed E-state index contributed by atoms with van der Waals surface area (Å²) in [5.74, 6) is 0. The van der Waals surface area contributed by atoms with Crippen LogP contribution in [-0.2, 0) is 124 Å². The molecule has 0 saturated heterocycles. The topological polar surface area (TPSA) is 224 Å². The molecule has 0 heterocycles. The Kier molecular flexibility index (Phi) is 53.2. The zero-order valence-electron chi connectivity index (χ0n) is 9.23. The van der Waals surface area contributed by atoms with Gasteiger partial charge in [0.15, 0.2) is 0 Å². The summed E-state index contributed by atoms with van der Waals surface area (Å²) in [6.45, 7) is 0. The van der Waals surface area contributed by atoms with E-state index in [1.807, 2.05) is 0 Å². The molecular weight excluding hydrogens is 594 g/mol. The van der Waals surface area contributed by atoms with Gasteiger partial charge in [0.25, 0.3) is 0 Å². The molecule has 0 spiro atoms. The molecule has 0 saturated carbocycles. The molecule has 6 N–H and O–H groups in total. The molecule has 20 heavy (non-hydrogen) atoms. The van der Waals surface area contributed by atoms with Crippen molar-refractivity contribution in [1.82, 2.24) is 0 Å². The van der Waals surface area contributed by atoms with E-state index in [1.54, 1.807) is 0 Å². The van der Waals surface area contributed by atoms with Gasteiger partial charge in [-0.3, -0.25) is 27.3 Å². The first-order valence-electron chi connectivity index (χ1n) is 2.10. The monoisotopic (exact) mass is 596 g/mol. The van der Waals surface area contributed by atoms with Crippen LogP contribution in [-0.4, -0.2) is 52.6 Å². The predicted molar refractivity (Wildman–Crippen MR) is 42.5 cm³/mol. The van der Waals surface area contributed by atoms with Crippen LogP contribution in [0.3, 0.4) is 0 Å². The first kappa shape index (κ1) is 49.5. The van der Waals surface area contributed by atoms with E-state index in [0.717, 1.165) is 0 Å². The van der Waals surface area contributed by atoms with Gasteiger partial charge in [0, 0.05) is 92.6 Å². The van der Waals surface area contributed by atoms with Gasteiger partial charge in [0.2, 0.25) is 0 Å². The molecule has 0 aliphatic carbocycles. The largest absolute Gasteiger partial charge is 0.394 e. The standard InChI is InChI=1S/2Mn.3H2O4S.3Zn/c;;3*1-5(2,3)4;;;/h;;3*(H2,1,2,3,4);;;. The van der Waals surface area contributed by atoms with Crippen molar-refractivity contribution in [2.75, 3.05) is 0 Å². The Bertz CT molecular complexity index is 353. The summed E-state index contributed by atoms with van der Waals surface area (Å²) in [6.07, 6.45) is 0. The summed E-state index contributed by atoms with van der Waals surface area (Å²) in [4.78, 5) is 0. The van der Waals surface area contributed by atoms with E-state index < -0.39 is 31.2 Å². The average molecular weight is 600 g/mol. The van der Waals surface area contributed by atoms with E-state index >= 15 is 0 Å². The van der Waals surface area contributed by atoms with Gasteiger partial charge in [0.1, 0.15) is 0 Å². The molecular formula is H6Mn2O12S3Zn3. The summed E-state index contributed by atoms with van der Waals surface area (Å²) in [5, 5.41) is 0. The Morgan fingerprint density at radius 1 is 0.400 bits per heavy atom. The Hall–Kier alpha value is 2.52. The smallest absolute Gasteiger partial charge is 0.264 e. The normalized spacial score (nSPS) is 8.70. The van der Waals surface area contributed by atoms with Crippen LogP contribution in [0.15, 0.2) is 0 Å². The minimum Gasteiger partial charge on any atom is -0.264 e. The minimum absolute atomic E-state index is 0. The van der Waals surface area contributed by atoms with Crippen molar-refractivity contribution >= 4 is 31.2 Å². The fraction of sp³-hybridized carbons (Fsp3) is 0. The van der Waals surface area contributed by atoms with Crippen molar-refractivity contribution in [3.63, 3.8) is 0 Å². The van der Waals surface area contributed by atoms with Gasteiger partial charge in [-0.15, -0.1) is 0 Å². The Balaban J connectivity index is -0.0000000160. The van der Waals surface area contributed by atoms with Crippen LogP contribution in [0.2, 0.25) is 0 Å². The fourth-order valence-corrected chi connectivity index (χ4v) is 0. The minimum atomic E-state index is -4.67. The first-order valence-corrected chi connectivity index (χ1v) is 6.29. The van der Waals surface area contributed by atoms with Crippen molar-refractivity contribution in [2.45, 2.75) is 0 Å². The van der Waals surface area contributed by atoms with Gasteiger partial charge in [-0.2, -0.15) is 25.3 Å². The zero-order valence-corrected chi connectivity index (χ0v) is 22.9. The maximum absolute atomic E-state index is 8.74. The molecule has 0 atom stereocenters. The van der Waals surface area contributed by atoms with Crippen LogP contribution in [0.1, 0.15) is 0 Å². The van der Waals surface area contributed by atoms with Crippen LogP contribution in [0, 0.1) is 0 Å². The Morgan fingerprint density at radius 3 is 0.400 bits per heavy atom. The van der Waals surface area contributed by atoms with Gasteiger partial charge < -0.3 is 0 Å². The van der Waals surface area contributed by atoms with E-state index in [0.29, 0.717) is 0 Å². The average Bonchev–Trinajstić information content (AvgIpc) is 1.41. The Labute approximate surface area is 174 Å². The van der Waals surface area contributed by atoms with Crippen LogP contribution in [0.25, 0.3) is 0 Å². The zero-order chi connectivity index (χ0) is 13.5. The second kappa shape index (κ2) is 21.5. The van der Waals surface area contributed by atoms with Gasteiger partial charge in [-0.1, -0.05) is 0 Å². The van der Waals surface area contributed by atoms with Gasteiger partial charge in [-0.25, -0.2) is 0 Å². The molecule has 0 aromatic carbocycles. The summed E-state index contributed by atoms with van der Waals surface area (Å²) < 4.78 is 94.8. The maximum atomic E-state index is 8.74. The second-order valence-electron chi connectivity index (χ2n) is 1.34. The van der Waals surface area contributed by atoms with Gasteiger partial charge >= 0.3 is 31.2 Å². The number of hydrogen-bond acceptors (Lipinski definition) is 6. The van der Waals surface area contributed by atoms with Gasteiger partial charge in [-0.05, 0) is 0 Å². The molecule has 0 aliphatic rings. The molecule has 2 radical (unpaired) electrons. The third-order valence-electron chi connectivity index (χ3n) is 0. The SMILES string of the molecule is O=S(=O)(O)O.O=S(=O)(O)O.O=S(=O)(O)O.[Mn].[Mn].[Zn].[Zn].[Zn]. The third-order valence-corrected chi connectivity index (χ3v) is 0. The molecule has 0 amide bonds. The molecule has 0 rings (SSSR count). The van der Waals surface area contributed by atoms with Crippen LogP contribution in [0.5, 0.6) is 0 Å². The van der Waals surface area contributed by atoms with Crippen molar-refractivity contribution in [3.8, 4) is 0 Å². The molecule has 116 valence electrons. The molecule has 0 aromatic rings. The van der Waals surface area contributed by atoms with Crippen molar-refractivity contribution in [2.24, 2.45) is 0 Å². The predicted octanol–water partition coefficient (Wildman–Crippen LogP) is -1.97. The molecule has 12 nitrogen and oxygen atoms in total. The summed E-state index contributed by atoms with van der Waals surface area (Å²) in [5.41, 5.74) is 0. The van der Waals surface area contributed by atoms with Crippen LogP contribution in [0.4, 0.5) is 0 Å². The van der Waals surface area contributed by atoms with Crippen molar-refractivity contribution in [3.05, 3.63) is 0 Å². The Morgan fingerprint density at radius 2 is 0.400 bits per heavy atom. The molecule has 0 aliphatic heterocycles. The molecule has 0 bridgehead atoms. The summed E-state index contributed by atoms with van der Waals surface area (Å²) in [6, 6.07) is 0. The van der Waals surface area contributed by atoms with E-state index in [-0.39, 0.29) is 92.6 Å². The van der Waals surface area contributed by atoms with E-state index in [4.69, 9.17) is 52.6 Å². The molecule has 0 aromatic heterocycles. The van der Waals surface area contributed by atoms with E-state index in [2.05, 4.69) is 0 Å². The van der Waals surface area contributed by atoms with Crippen LogP contribution < -0.4 is 0 Å². The van der Waals surface area contributed by atoms with Crippen molar-refractivity contribution in [1.29, 1.82) is 0 Å². The molecule has 20 heteroatoms. The third kappa shape index (κ3) is 1230. The second-order valence-corrected chi connectivity index (χ2v) is 4.03. The number of rotatable bonds is 0. The summed E-state index contributed by atoms with van der Waals surface area (Å²) in [7, 11) is -14.0. The molecule has 0 unspecified atom stereocenters. The fourth-order valence-electron chi connectivity index (χ4n) is 0. The number of hydrogen-bond donors (Lipinski definition) is 6. The van der Waals surface area contributed by atoms with Crippen molar-refractivity contribution < 1.29 is 145 Å².